The number of benzene rings is 1. The summed E-state index contributed by atoms with van der Waals surface area (Å²) in [6, 6.07) is 3.60. The van der Waals surface area contributed by atoms with E-state index in [0.717, 1.165) is 23.0 Å². The summed E-state index contributed by atoms with van der Waals surface area (Å²) in [5.41, 5.74) is 9.40. The predicted octanol–water partition coefficient (Wildman–Crippen LogP) is 0.337. The molecular weight excluding hydrogens is 266 g/mol. The summed E-state index contributed by atoms with van der Waals surface area (Å²) in [4.78, 5) is 16.4. The van der Waals surface area contributed by atoms with Crippen LogP contribution in [0.5, 0.6) is 0 Å². The van der Waals surface area contributed by atoms with E-state index in [1.165, 1.54) is 5.56 Å². The van der Waals surface area contributed by atoms with Gasteiger partial charge in [-0.1, -0.05) is 6.07 Å². The minimum absolute atomic E-state index is 0.0321. The Kier molecular flexibility index (Phi) is 3.65. The lowest BCUT2D eigenvalue weighted by molar-refractivity contribution is -0.133. The molecule has 0 fully saturated rings. The van der Waals surface area contributed by atoms with E-state index in [-0.39, 0.29) is 5.91 Å². The molecule has 0 saturated heterocycles. The lowest BCUT2D eigenvalue weighted by Gasteiger charge is -2.24. The van der Waals surface area contributed by atoms with Crippen LogP contribution in [-0.2, 0) is 17.8 Å². The summed E-state index contributed by atoms with van der Waals surface area (Å²) >= 11 is 0. The topological polar surface area (TPSA) is 78.2 Å². The third kappa shape index (κ3) is 2.64. The maximum Gasteiger partial charge on any atom is 0.240 e. The Labute approximate surface area is 123 Å². The highest BCUT2D eigenvalue weighted by Gasteiger charge is 2.28. The van der Waals surface area contributed by atoms with Crippen molar-refractivity contribution < 1.29 is 4.79 Å². The van der Waals surface area contributed by atoms with Crippen LogP contribution in [-0.4, -0.2) is 59.1 Å². The lowest BCUT2D eigenvalue weighted by Crippen LogP contribution is -2.44. The molecule has 0 aliphatic carbocycles. The zero-order valence-corrected chi connectivity index (χ0v) is 12.5. The molecule has 2 aromatic rings. The molecule has 112 valence electrons. The normalized spacial score (nSPS) is 19.1. The molecule has 0 saturated carbocycles. The first-order valence-electron chi connectivity index (χ1n) is 7.19. The number of nitrogens with one attached hydrogen (secondary N) is 1. The molecule has 3 N–H and O–H groups in total. The molecule has 2 heterocycles. The Balaban J connectivity index is 1.98. The van der Waals surface area contributed by atoms with Crippen LogP contribution < -0.4 is 5.73 Å². The molecule has 1 aromatic heterocycles. The molecule has 6 heteroatoms. The second-order valence-electron chi connectivity index (χ2n) is 5.91. The van der Waals surface area contributed by atoms with E-state index in [4.69, 9.17) is 5.73 Å². The first kappa shape index (κ1) is 14.0. The van der Waals surface area contributed by atoms with Crippen LogP contribution in [0.3, 0.4) is 0 Å². The number of H-pyrrole nitrogens is 1. The average Bonchev–Trinajstić information content (AvgIpc) is 2.88. The molecule has 21 heavy (non-hydrogen) atoms. The SMILES string of the molecule is CN(C)CCN1Cc2c(ccc3[nH]ncc23)CC(N)C1=O. The number of nitrogens with two attached hydrogens (primary N) is 1. The number of hydrogen-bond acceptors (Lipinski definition) is 4. The summed E-state index contributed by atoms with van der Waals surface area (Å²) in [6.45, 7) is 2.12. The molecule has 0 spiro atoms. The fraction of sp³-hybridized carbons (Fsp3) is 0.467. The summed E-state index contributed by atoms with van der Waals surface area (Å²) in [7, 11) is 4.01. The van der Waals surface area contributed by atoms with Crippen molar-refractivity contribution in [2.75, 3.05) is 27.2 Å². The highest BCUT2D eigenvalue weighted by atomic mass is 16.2. The smallest absolute Gasteiger partial charge is 0.240 e. The first-order valence-corrected chi connectivity index (χ1v) is 7.19. The van der Waals surface area contributed by atoms with Gasteiger partial charge in [0, 0.05) is 25.0 Å². The fourth-order valence-corrected chi connectivity index (χ4v) is 2.84. The van der Waals surface area contributed by atoms with Crippen LogP contribution in [0, 0.1) is 0 Å². The van der Waals surface area contributed by atoms with E-state index in [0.29, 0.717) is 19.5 Å². The molecular formula is C15H21N5O. The maximum atomic E-state index is 12.5. The average molecular weight is 287 g/mol. The van der Waals surface area contributed by atoms with Crippen molar-refractivity contribution >= 4 is 16.8 Å². The first-order chi connectivity index (χ1) is 10.1. The Bertz CT molecular complexity index is 663. The van der Waals surface area contributed by atoms with Crippen LogP contribution in [0.1, 0.15) is 11.1 Å². The molecule has 0 radical (unpaired) electrons. The molecule has 1 unspecified atom stereocenters. The van der Waals surface area contributed by atoms with E-state index in [1.54, 1.807) is 0 Å². The van der Waals surface area contributed by atoms with Gasteiger partial charge in [0.05, 0.1) is 17.8 Å². The van der Waals surface area contributed by atoms with Crippen molar-refractivity contribution in [1.29, 1.82) is 0 Å². The van der Waals surface area contributed by atoms with Crippen molar-refractivity contribution in [2.24, 2.45) is 5.73 Å². The largest absolute Gasteiger partial charge is 0.336 e. The Morgan fingerprint density at radius 1 is 1.48 bits per heavy atom. The van der Waals surface area contributed by atoms with Crippen LogP contribution in [0.4, 0.5) is 0 Å². The van der Waals surface area contributed by atoms with Gasteiger partial charge in [-0.15, -0.1) is 0 Å². The van der Waals surface area contributed by atoms with Gasteiger partial charge >= 0.3 is 0 Å². The van der Waals surface area contributed by atoms with Crippen molar-refractivity contribution in [3.8, 4) is 0 Å². The highest BCUT2D eigenvalue weighted by Crippen LogP contribution is 2.26. The Hall–Kier alpha value is -1.92. The number of carbonyl (C=O) groups excluding carboxylic acids is 1. The molecule has 6 nitrogen and oxygen atoms in total. The fourth-order valence-electron chi connectivity index (χ4n) is 2.84. The Morgan fingerprint density at radius 3 is 3.05 bits per heavy atom. The van der Waals surface area contributed by atoms with Crippen LogP contribution in [0.2, 0.25) is 0 Å². The molecule has 1 amide bonds. The summed E-state index contributed by atoms with van der Waals surface area (Å²) in [5, 5.41) is 8.18. The molecule has 0 bridgehead atoms. The molecule has 1 aliphatic heterocycles. The van der Waals surface area contributed by atoms with Crippen LogP contribution in [0.25, 0.3) is 10.9 Å². The van der Waals surface area contributed by atoms with E-state index < -0.39 is 6.04 Å². The number of aromatic nitrogens is 2. The quantitative estimate of drug-likeness (QED) is 0.853. The summed E-state index contributed by atoms with van der Waals surface area (Å²) < 4.78 is 0. The van der Waals surface area contributed by atoms with Gasteiger partial charge in [0.15, 0.2) is 0 Å². The van der Waals surface area contributed by atoms with Crippen molar-refractivity contribution in [1.82, 2.24) is 20.0 Å². The lowest BCUT2D eigenvalue weighted by atomic mass is 9.99. The number of fused-ring (bicyclic) bond motifs is 3. The molecule has 1 aliphatic rings. The van der Waals surface area contributed by atoms with E-state index in [1.807, 2.05) is 31.3 Å². The summed E-state index contributed by atoms with van der Waals surface area (Å²) in [5.74, 6) is 0.0321. The van der Waals surface area contributed by atoms with Gasteiger partial charge in [0.1, 0.15) is 0 Å². The number of rotatable bonds is 3. The van der Waals surface area contributed by atoms with E-state index in [9.17, 15) is 4.79 Å². The van der Waals surface area contributed by atoms with E-state index in [2.05, 4.69) is 21.2 Å². The number of hydrogen-bond donors (Lipinski definition) is 2. The van der Waals surface area contributed by atoms with Crippen molar-refractivity contribution in [3.05, 3.63) is 29.5 Å². The molecule has 3 rings (SSSR count). The van der Waals surface area contributed by atoms with Gasteiger partial charge in [0.2, 0.25) is 5.91 Å². The number of likely N-dealkylation sites (N-methyl/N-ethyl adjacent to an activating group) is 1. The van der Waals surface area contributed by atoms with Gasteiger partial charge in [-0.2, -0.15) is 5.10 Å². The molecule has 1 aromatic carbocycles. The maximum absolute atomic E-state index is 12.5. The molecule has 1 atom stereocenters. The highest BCUT2D eigenvalue weighted by molar-refractivity contribution is 5.87. The Morgan fingerprint density at radius 2 is 2.29 bits per heavy atom. The van der Waals surface area contributed by atoms with Gasteiger partial charge < -0.3 is 15.5 Å². The number of nitrogens with zero attached hydrogens (tertiary/aromatic N) is 3. The van der Waals surface area contributed by atoms with Gasteiger partial charge in [-0.25, -0.2) is 0 Å². The zero-order valence-electron chi connectivity index (χ0n) is 12.5. The second kappa shape index (κ2) is 5.46. The number of aromatic amines is 1. The van der Waals surface area contributed by atoms with Crippen LogP contribution >= 0.6 is 0 Å². The zero-order chi connectivity index (χ0) is 15.0. The summed E-state index contributed by atoms with van der Waals surface area (Å²) in [6.07, 6.45) is 2.42. The minimum Gasteiger partial charge on any atom is -0.336 e. The van der Waals surface area contributed by atoms with Crippen LogP contribution in [0.15, 0.2) is 18.3 Å². The standard InChI is InChI=1S/C15H21N5O/c1-19(2)5-6-20-9-12-10(7-13(16)15(20)21)3-4-14-11(12)8-17-18-14/h3-4,8,13H,5-7,9,16H2,1-2H3,(H,17,18). The van der Waals surface area contributed by atoms with Gasteiger partial charge in [-0.3, -0.25) is 9.89 Å². The number of amides is 1. The van der Waals surface area contributed by atoms with E-state index >= 15 is 0 Å². The second-order valence-corrected chi connectivity index (χ2v) is 5.91. The monoisotopic (exact) mass is 287 g/mol. The predicted molar refractivity (Wildman–Crippen MR) is 81.7 cm³/mol. The number of carbonyl (C=O) groups is 1. The van der Waals surface area contributed by atoms with Crippen molar-refractivity contribution in [3.63, 3.8) is 0 Å². The third-order valence-electron chi connectivity index (χ3n) is 4.07. The van der Waals surface area contributed by atoms with Gasteiger partial charge in [-0.05, 0) is 37.7 Å². The van der Waals surface area contributed by atoms with Crippen molar-refractivity contribution in [2.45, 2.75) is 19.0 Å². The minimum atomic E-state index is -0.460. The third-order valence-corrected chi connectivity index (χ3v) is 4.07. The van der Waals surface area contributed by atoms with Gasteiger partial charge in [0.25, 0.3) is 0 Å².